The van der Waals surface area contributed by atoms with Gasteiger partial charge in [0.15, 0.2) is 5.67 Å². The van der Waals surface area contributed by atoms with E-state index in [1.165, 1.54) is 5.56 Å². The van der Waals surface area contributed by atoms with Gasteiger partial charge in [0.05, 0.1) is 5.92 Å². The van der Waals surface area contributed by atoms with Crippen LogP contribution in [-0.2, 0) is 0 Å². The van der Waals surface area contributed by atoms with Crippen molar-refractivity contribution in [3.05, 3.63) is 78.4 Å². The van der Waals surface area contributed by atoms with Gasteiger partial charge in [0.1, 0.15) is 5.82 Å². The molecule has 1 heterocycles. The van der Waals surface area contributed by atoms with Crippen LogP contribution in [0.5, 0.6) is 0 Å². The molecule has 0 spiro atoms. The van der Waals surface area contributed by atoms with Gasteiger partial charge in [-0.15, -0.1) is 0 Å². The fourth-order valence-electron chi connectivity index (χ4n) is 2.53. The zero-order chi connectivity index (χ0) is 14.0. The molecule has 1 aliphatic rings. The van der Waals surface area contributed by atoms with Crippen LogP contribution in [0.2, 0.25) is 0 Å². The van der Waals surface area contributed by atoms with E-state index in [2.05, 4.69) is 22.1 Å². The summed E-state index contributed by atoms with van der Waals surface area (Å²) in [6.45, 7) is 1.84. The van der Waals surface area contributed by atoms with Crippen LogP contribution >= 0.6 is 0 Å². The summed E-state index contributed by atoms with van der Waals surface area (Å²) in [5.74, 6) is 0.477. The lowest BCUT2D eigenvalue weighted by Gasteiger charge is -2.28. The monoisotopic (exact) mass is 268 g/mol. The topological polar surface area (TPSA) is 28.7 Å². The lowest BCUT2D eigenvalue weighted by molar-refractivity contribution is 0.247. The van der Waals surface area contributed by atoms with Crippen LogP contribution in [0.25, 0.3) is 0 Å². The van der Waals surface area contributed by atoms with Crippen LogP contribution in [0.1, 0.15) is 30.1 Å². The minimum Gasteiger partial charge on any atom is -0.348 e. The predicted octanol–water partition coefficient (Wildman–Crippen LogP) is 4.13. The number of nitrogens with one attached hydrogen (secondary N) is 1. The maximum absolute atomic E-state index is 15.0. The fourth-order valence-corrected chi connectivity index (χ4v) is 2.53. The van der Waals surface area contributed by atoms with E-state index in [4.69, 9.17) is 0 Å². The van der Waals surface area contributed by atoms with E-state index in [-0.39, 0.29) is 11.8 Å². The average Bonchev–Trinajstić information content (AvgIpc) is 3.02. The molecule has 3 heteroatoms. The maximum Gasteiger partial charge on any atom is 0.156 e. The summed E-state index contributed by atoms with van der Waals surface area (Å²) in [5.41, 5.74) is -0.309. The van der Waals surface area contributed by atoms with Crippen LogP contribution in [0.3, 0.4) is 0 Å². The van der Waals surface area contributed by atoms with Gasteiger partial charge in [-0.05, 0) is 17.7 Å². The van der Waals surface area contributed by atoms with E-state index in [1.54, 1.807) is 24.5 Å². The van der Waals surface area contributed by atoms with Crippen molar-refractivity contribution in [1.82, 2.24) is 9.97 Å². The van der Waals surface area contributed by atoms with Crippen molar-refractivity contribution in [3.8, 4) is 0 Å². The van der Waals surface area contributed by atoms with Crippen molar-refractivity contribution in [2.75, 3.05) is 0 Å². The van der Waals surface area contributed by atoms with E-state index in [9.17, 15) is 4.39 Å². The Labute approximate surface area is 118 Å². The van der Waals surface area contributed by atoms with E-state index < -0.39 is 5.67 Å². The summed E-state index contributed by atoms with van der Waals surface area (Å²) in [5, 5.41) is 0. The zero-order valence-corrected chi connectivity index (χ0v) is 11.3. The molecule has 102 valence electrons. The maximum atomic E-state index is 15.0. The third-order valence-electron chi connectivity index (χ3n) is 3.90. The largest absolute Gasteiger partial charge is 0.348 e. The molecule has 1 atom stereocenters. The molecule has 2 aromatic rings. The summed E-state index contributed by atoms with van der Waals surface area (Å²) in [6, 6.07) is 10.1. The zero-order valence-electron chi connectivity index (χ0n) is 11.3. The van der Waals surface area contributed by atoms with Gasteiger partial charge < -0.3 is 4.98 Å². The van der Waals surface area contributed by atoms with E-state index in [1.807, 2.05) is 37.3 Å². The lowest BCUT2D eigenvalue weighted by Crippen LogP contribution is -2.27. The molecule has 0 radical (unpaired) electrons. The molecule has 2 nitrogen and oxygen atoms in total. The first kappa shape index (κ1) is 12.9. The summed E-state index contributed by atoms with van der Waals surface area (Å²) >= 11 is 0. The number of alkyl halides is 1. The van der Waals surface area contributed by atoms with Gasteiger partial charge >= 0.3 is 0 Å². The SMILES string of the molecule is CC(c1ncc[nH]1)C1(F)C=CC(c2ccccc2)C=C1. The second kappa shape index (κ2) is 5.08. The van der Waals surface area contributed by atoms with Crippen LogP contribution < -0.4 is 0 Å². The molecule has 0 amide bonds. The van der Waals surface area contributed by atoms with Crippen molar-refractivity contribution >= 4 is 0 Å². The van der Waals surface area contributed by atoms with Crippen LogP contribution in [0, 0.1) is 0 Å². The summed E-state index contributed by atoms with van der Waals surface area (Å²) in [7, 11) is 0. The average molecular weight is 268 g/mol. The number of halogens is 1. The quantitative estimate of drug-likeness (QED) is 0.833. The number of rotatable bonds is 3. The van der Waals surface area contributed by atoms with Gasteiger partial charge in [0.2, 0.25) is 0 Å². The number of hydrogen-bond acceptors (Lipinski definition) is 1. The second-order valence-electron chi connectivity index (χ2n) is 5.18. The fraction of sp³-hybridized carbons (Fsp3) is 0.235. The standard InChI is InChI=1S/C17H17FN2/c1-13(16-19-11-12-20-16)17(18)9-7-15(8-10-17)14-5-3-2-4-6-14/h2-13,15H,1H3,(H,19,20). The predicted molar refractivity (Wildman–Crippen MR) is 78.3 cm³/mol. The summed E-state index contributed by atoms with van der Waals surface area (Å²) < 4.78 is 15.0. The van der Waals surface area contributed by atoms with Gasteiger partial charge in [-0.25, -0.2) is 9.37 Å². The molecular formula is C17H17FN2. The van der Waals surface area contributed by atoms with Crippen LogP contribution in [0.15, 0.2) is 67.0 Å². The van der Waals surface area contributed by atoms with E-state index >= 15 is 0 Å². The Morgan fingerprint density at radius 1 is 1.20 bits per heavy atom. The molecule has 3 rings (SSSR count). The molecule has 0 saturated heterocycles. The molecule has 1 N–H and O–H groups in total. The number of hydrogen-bond donors (Lipinski definition) is 1. The summed E-state index contributed by atoms with van der Waals surface area (Å²) in [4.78, 5) is 7.13. The Morgan fingerprint density at radius 3 is 2.50 bits per heavy atom. The molecule has 0 fully saturated rings. The molecule has 1 aliphatic carbocycles. The third-order valence-corrected chi connectivity index (χ3v) is 3.90. The molecule has 20 heavy (non-hydrogen) atoms. The molecule has 1 aromatic carbocycles. The minimum absolute atomic E-state index is 0.142. The van der Waals surface area contributed by atoms with Crippen LogP contribution in [0.4, 0.5) is 4.39 Å². The van der Waals surface area contributed by atoms with Crippen LogP contribution in [-0.4, -0.2) is 15.6 Å². The molecule has 0 saturated carbocycles. The Balaban J connectivity index is 1.81. The highest BCUT2D eigenvalue weighted by molar-refractivity contribution is 5.37. The van der Waals surface area contributed by atoms with Gasteiger partial charge in [0, 0.05) is 18.3 Å². The van der Waals surface area contributed by atoms with Crippen molar-refractivity contribution in [2.24, 2.45) is 0 Å². The van der Waals surface area contributed by atoms with Crippen molar-refractivity contribution in [3.63, 3.8) is 0 Å². The van der Waals surface area contributed by atoms with Gasteiger partial charge in [0.25, 0.3) is 0 Å². The number of allylic oxidation sites excluding steroid dienone is 4. The Hall–Kier alpha value is -2.16. The number of imidazole rings is 1. The highest BCUT2D eigenvalue weighted by Crippen LogP contribution is 2.37. The number of aromatic amines is 1. The third kappa shape index (κ3) is 2.31. The van der Waals surface area contributed by atoms with Crippen molar-refractivity contribution < 1.29 is 4.39 Å². The molecular weight excluding hydrogens is 251 g/mol. The lowest BCUT2D eigenvalue weighted by atomic mass is 9.82. The first-order valence-corrected chi connectivity index (χ1v) is 6.81. The highest BCUT2D eigenvalue weighted by atomic mass is 19.1. The minimum atomic E-state index is -1.48. The first-order chi connectivity index (χ1) is 9.69. The number of aromatic nitrogens is 2. The summed E-state index contributed by atoms with van der Waals surface area (Å²) in [6.07, 6.45) is 10.5. The van der Waals surface area contributed by atoms with E-state index in [0.717, 1.165) is 0 Å². The normalized spacial score (nSPS) is 26.6. The van der Waals surface area contributed by atoms with Crippen molar-refractivity contribution in [2.45, 2.75) is 24.4 Å². The Morgan fingerprint density at radius 2 is 1.90 bits per heavy atom. The highest BCUT2D eigenvalue weighted by Gasteiger charge is 2.35. The molecule has 0 aliphatic heterocycles. The first-order valence-electron chi connectivity index (χ1n) is 6.81. The molecule has 0 bridgehead atoms. The molecule has 1 aromatic heterocycles. The molecule has 1 unspecified atom stereocenters. The number of nitrogens with zero attached hydrogens (tertiary/aromatic N) is 1. The van der Waals surface area contributed by atoms with Gasteiger partial charge in [-0.2, -0.15) is 0 Å². The number of H-pyrrole nitrogens is 1. The second-order valence-corrected chi connectivity index (χ2v) is 5.18. The Bertz CT molecular complexity index is 600. The Kier molecular flexibility index (Phi) is 3.26. The van der Waals surface area contributed by atoms with E-state index in [0.29, 0.717) is 5.82 Å². The van der Waals surface area contributed by atoms with Gasteiger partial charge in [-0.1, -0.05) is 49.4 Å². The van der Waals surface area contributed by atoms with Crippen molar-refractivity contribution in [1.29, 1.82) is 0 Å². The number of benzene rings is 1. The van der Waals surface area contributed by atoms with Gasteiger partial charge in [-0.3, -0.25) is 0 Å². The smallest absolute Gasteiger partial charge is 0.156 e.